The van der Waals surface area contributed by atoms with Crippen LogP contribution in [0.15, 0.2) is 35.9 Å². The van der Waals surface area contributed by atoms with E-state index in [0.29, 0.717) is 5.57 Å². The molecule has 0 bridgehead atoms. The van der Waals surface area contributed by atoms with E-state index in [1.54, 1.807) is 6.08 Å². The molecule has 1 aliphatic rings. The number of Topliss-reactive ketones (excluding diaryl/α,β-unsaturated/α-hetero) is 1. The number of benzene rings is 1. The van der Waals surface area contributed by atoms with Gasteiger partial charge in [-0.2, -0.15) is 0 Å². The van der Waals surface area contributed by atoms with Crippen molar-refractivity contribution in [3.05, 3.63) is 41.5 Å². The van der Waals surface area contributed by atoms with Crippen molar-refractivity contribution in [2.45, 2.75) is 6.42 Å². The molecular weight excluding hydrogens is 246 g/mol. The molecular formula is C14H13NO4. The Morgan fingerprint density at radius 3 is 2.58 bits per heavy atom. The highest BCUT2D eigenvalue weighted by molar-refractivity contribution is 6.46. The molecule has 0 spiro atoms. The molecule has 5 nitrogen and oxygen atoms in total. The lowest BCUT2D eigenvalue weighted by molar-refractivity contribution is -0.141. The molecule has 1 N–H and O–H groups in total. The van der Waals surface area contributed by atoms with E-state index >= 15 is 0 Å². The van der Waals surface area contributed by atoms with Crippen LogP contribution >= 0.6 is 0 Å². The van der Waals surface area contributed by atoms with E-state index in [9.17, 15) is 14.4 Å². The summed E-state index contributed by atoms with van der Waals surface area (Å²) in [6, 6.07) is 9.23. The Morgan fingerprint density at radius 1 is 1.26 bits per heavy atom. The molecule has 0 radical (unpaired) electrons. The summed E-state index contributed by atoms with van der Waals surface area (Å²) < 4.78 is 0. The molecule has 1 amide bonds. The van der Waals surface area contributed by atoms with Crippen LogP contribution in [-0.2, 0) is 14.4 Å². The zero-order valence-corrected chi connectivity index (χ0v) is 10.2. The van der Waals surface area contributed by atoms with Crippen LogP contribution in [0.4, 0.5) is 0 Å². The van der Waals surface area contributed by atoms with Gasteiger partial charge in [0.15, 0.2) is 0 Å². The van der Waals surface area contributed by atoms with Crippen molar-refractivity contribution in [2.75, 3.05) is 13.1 Å². The number of amides is 1. The predicted molar refractivity (Wildman–Crippen MR) is 68.3 cm³/mol. The maximum atomic E-state index is 11.8. The second-order valence-electron chi connectivity index (χ2n) is 4.28. The van der Waals surface area contributed by atoms with E-state index in [-0.39, 0.29) is 19.5 Å². The van der Waals surface area contributed by atoms with Gasteiger partial charge in [-0.3, -0.25) is 14.4 Å². The minimum Gasteiger partial charge on any atom is -0.481 e. The van der Waals surface area contributed by atoms with Gasteiger partial charge in [0.05, 0.1) is 13.0 Å². The van der Waals surface area contributed by atoms with Gasteiger partial charge in [0, 0.05) is 12.1 Å². The smallest absolute Gasteiger partial charge is 0.305 e. The fourth-order valence-electron chi connectivity index (χ4n) is 1.90. The summed E-state index contributed by atoms with van der Waals surface area (Å²) in [5, 5.41) is 8.59. The number of ketones is 1. The quantitative estimate of drug-likeness (QED) is 0.645. The Labute approximate surface area is 110 Å². The number of carboxylic acid groups (broad SMARTS) is 1. The van der Waals surface area contributed by atoms with Crippen LogP contribution in [0.25, 0.3) is 6.08 Å². The normalized spacial score (nSPS) is 17.3. The van der Waals surface area contributed by atoms with E-state index in [4.69, 9.17) is 5.11 Å². The summed E-state index contributed by atoms with van der Waals surface area (Å²) in [5.41, 5.74) is 1.25. The molecule has 0 saturated carbocycles. The zero-order chi connectivity index (χ0) is 13.8. The molecule has 1 fully saturated rings. The summed E-state index contributed by atoms with van der Waals surface area (Å²) in [7, 11) is 0. The first kappa shape index (κ1) is 13.0. The molecule has 0 aromatic heterocycles. The van der Waals surface area contributed by atoms with Crippen molar-refractivity contribution in [1.29, 1.82) is 0 Å². The highest BCUT2D eigenvalue weighted by Gasteiger charge is 2.33. The summed E-state index contributed by atoms with van der Waals surface area (Å²) in [6.07, 6.45) is 1.51. The van der Waals surface area contributed by atoms with E-state index < -0.39 is 17.7 Å². The number of rotatable bonds is 4. The third-order valence-electron chi connectivity index (χ3n) is 2.87. The fraction of sp³-hybridized carbons (Fsp3) is 0.214. The van der Waals surface area contributed by atoms with Crippen LogP contribution in [-0.4, -0.2) is 40.8 Å². The number of aliphatic carboxylic acids is 1. The predicted octanol–water partition coefficient (Wildman–Crippen LogP) is 0.956. The average molecular weight is 259 g/mol. The first-order chi connectivity index (χ1) is 9.08. The monoisotopic (exact) mass is 259 g/mol. The SMILES string of the molecule is O=C(O)CCN1CC(=Cc2ccccc2)C(=O)C1=O. The Balaban J connectivity index is 2.12. The molecule has 0 aliphatic carbocycles. The Hall–Kier alpha value is -2.43. The lowest BCUT2D eigenvalue weighted by atomic mass is 10.1. The molecule has 1 aliphatic heterocycles. The van der Waals surface area contributed by atoms with Crippen molar-refractivity contribution < 1.29 is 19.5 Å². The third-order valence-corrected chi connectivity index (χ3v) is 2.87. The molecule has 98 valence electrons. The second-order valence-corrected chi connectivity index (χ2v) is 4.28. The van der Waals surface area contributed by atoms with Crippen LogP contribution < -0.4 is 0 Å². The zero-order valence-electron chi connectivity index (χ0n) is 10.2. The van der Waals surface area contributed by atoms with Crippen LogP contribution in [0.1, 0.15) is 12.0 Å². The number of carboxylic acids is 1. The van der Waals surface area contributed by atoms with Gasteiger partial charge in [-0.1, -0.05) is 30.3 Å². The highest BCUT2D eigenvalue weighted by Crippen LogP contribution is 2.17. The Morgan fingerprint density at radius 2 is 1.95 bits per heavy atom. The number of hydrogen-bond donors (Lipinski definition) is 1. The largest absolute Gasteiger partial charge is 0.481 e. The highest BCUT2D eigenvalue weighted by atomic mass is 16.4. The number of carbonyl (C=O) groups is 3. The Bertz CT molecular complexity index is 548. The van der Waals surface area contributed by atoms with Crippen molar-refractivity contribution in [3.63, 3.8) is 0 Å². The van der Waals surface area contributed by atoms with Gasteiger partial charge in [0.1, 0.15) is 0 Å². The lowest BCUT2D eigenvalue weighted by Gasteiger charge is -2.11. The van der Waals surface area contributed by atoms with Gasteiger partial charge in [0.2, 0.25) is 5.78 Å². The van der Waals surface area contributed by atoms with Crippen molar-refractivity contribution in [1.82, 2.24) is 4.90 Å². The maximum Gasteiger partial charge on any atom is 0.305 e. The van der Waals surface area contributed by atoms with E-state index in [2.05, 4.69) is 0 Å². The minimum absolute atomic E-state index is 0.0615. The van der Waals surface area contributed by atoms with Crippen LogP contribution in [0.3, 0.4) is 0 Å². The summed E-state index contributed by atoms with van der Waals surface area (Å²) in [5.74, 6) is -2.15. The molecule has 1 heterocycles. The molecule has 19 heavy (non-hydrogen) atoms. The number of hydrogen-bond acceptors (Lipinski definition) is 3. The van der Waals surface area contributed by atoms with Crippen LogP contribution in [0.2, 0.25) is 0 Å². The Kier molecular flexibility index (Phi) is 3.75. The third kappa shape index (κ3) is 3.07. The summed E-state index contributed by atoms with van der Waals surface area (Å²) in [4.78, 5) is 35.2. The minimum atomic E-state index is -0.985. The fourth-order valence-corrected chi connectivity index (χ4v) is 1.90. The average Bonchev–Trinajstić information content (AvgIpc) is 2.66. The van der Waals surface area contributed by atoms with Crippen molar-refractivity contribution in [3.8, 4) is 0 Å². The van der Waals surface area contributed by atoms with Gasteiger partial charge in [-0.05, 0) is 11.6 Å². The van der Waals surface area contributed by atoms with Crippen molar-refractivity contribution >= 4 is 23.7 Å². The summed E-state index contributed by atoms with van der Waals surface area (Å²) >= 11 is 0. The molecule has 0 atom stereocenters. The number of nitrogens with zero attached hydrogens (tertiary/aromatic N) is 1. The molecule has 2 rings (SSSR count). The van der Waals surface area contributed by atoms with Gasteiger partial charge in [-0.15, -0.1) is 0 Å². The molecule has 1 aromatic rings. The van der Waals surface area contributed by atoms with E-state index in [1.807, 2.05) is 30.3 Å². The second kappa shape index (κ2) is 5.48. The maximum absolute atomic E-state index is 11.8. The van der Waals surface area contributed by atoms with Gasteiger partial charge in [0.25, 0.3) is 5.91 Å². The molecule has 0 unspecified atom stereocenters. The molecule has 5 heteroatoms. The van der Waals surface area contributed by atoms with E-state index in [0.717, 1.165) is 5.56 Å². The summed E-state index contributed by atoms with van der Waals surface area (Å²) in [6.45, 7) is 0.242. The van der Waals surface area contributed by atoms with Crippen molar-refractivity contribution in [2.24, 2.45) is 0 Å². The number of likely N-dealkylation sites (tertiary alicyclic amines) is 1. The van der Waals surface area contributed by atoms with Gasteiger partial charge >= 0.3 is 5.97 Å². The number of carbonyl (C=O) groups excluding carboxylic acids is 2. The first-order valence-corrected chi connectivity index (χ1v) is 5.89. The molecule has 1 saturated heterocycles. The topological polar surface area (TPSA) is 74.7 Å². The van der Waals surface area contributed by atoms with Crippen LogP contribution in [0.5, 0.6) is 0 Å². The van der Waals surface area contributed by atoms with Gasteiger partial charge in [-0.25, -0.2) is 0 Å². The first-order valence-electron chi connectivity index (χ1n) is 5.89. The van der Waals surface area contributed by atoms with Crippen LogP contribution in [0, 0.1) is 0 Å². The van der Waals surface area contributed by atoms with E-state index in [1.165, 1.54) is 4.90 Å². The standard InChI is InChI=1S/C14H13NO4/c16-12(17)6-7-15-9-11(13(18)14(15)19)8-10-4-2-1-3-5-10/h1-5,8H,6-7,9H2,(H,16,17). The lowest BCUT2D eigenvalue weighted by Crippen LogP contribution is -2.29. The molecule has 1 aromatic carbocycles. The van der Waals surface area contributed by atoms with Gasteiger partial charge < -0.3 is 10.0 Å².